The maximum absolute atomic E-state index is 11.8. The predicted molar refractivity (Wildman–Crippen MR) is 68.8 cm³/mol. The van der Waals surface area contributed by atoms with Gasteiger partial charge in [0.05, 0.1) is 42.6 Å². The molecule has 0 aliphatic carbocycles. The number of hydrogen-bond acceptors (Lipinski definition) is 6. The van der Waals surface area contributed by atoms with Crippen molar-refractivity contribution in [1.29, 1.82) is 0 Å². The number of carbonyl (C=O) groups excluding carboxylic acids is 2. The van der Waals surface area contributed by atoms with E-state index in [2.05, 4.69) is 0 Å². The third kappa shape index (κ3) is 3.23. The first-order chi connectivity index (χ1) is 8.49. The van der Waals surface area contributed by atoms with Gasteiger partial charge in [0.1, 0.15) is 12.0 Å². The van der Waals surface area contributed by atoms with Crippen LogP contribution in [0.1, 0.15) is 13.3 Å². The van der Waals surface area contributed by atoms with Gasteiger partial charge in [0.15, 0.2) is 6.10 Å². The molecule has 1 aliphatic heterocycles. The molecule has 0 aromatic carbocycles. The zero-order chi connectivity index (χ0) is 13.8. The summed E-state index contributed by atoms with van der Waals surface area (Å²) in [4.78, 5) is 22.9. The number of amides is 1. The molecule has 1 atom stereocenters. The molecule has 8 heteroatoms. The first-order valence-corrected chi connectivity index (χ1v) is 6.48. The standard InChI is InChI=1S/C10H16INO6/c1-2-10(5-13,6-14)8(15)17-4-7-3-12(11)9(16)18-7/h7,13-14H,2-6H2,1H3/t7-/m0/s1. The van der Waals surface area contributed by atoms with Gasteiger partial charge in [0, 0.05) is 0 Å². The zero-order valence-electron chi connectivity index (χ0n) is 9.97. The molecular weight excluding hydrogens is 357 g/mol. The summed E-state index contributed by atoms with van der Waals surface area (Å²) in [5, 5.41) is 18.3. The second kappa shape index (κ2) is 6.53. The molecule has 7 nitrogen and oxygen atoms in total. The Hall–Kier alpha value is -0.610. The number of rotatable bonds is 6. The van der Waals surface area contributed by atoms with Crippen LogP contribution in [0.5, 0.6) is 0 Å². The molecule has 1 amide bonds. The van der Waals surface area contributed by atoms with Crippen molar-refractivity contribution in [3.63, 3.8) is 0 Å². The van der Waals surface area contributed by atoms with E-state index in [1.165, 1.54) is 3.11 Å². The quantitative estimate of drug-likeness (QED) is 0.389. The normalized spacial score (nSPS) is 19.9. The number of esters is 1. The number of ether oxygens (including phenoxy) is 2. The van der Waals surface area contributed by atoms with Gasteiger partial charge in [-0.1, -0.05) is 6.92 Å². The largest absolute Gasteiger partial charge is 0.461 e. The average Bonchev–Trinajstić information content (AvgIpc) is 2.69. The van der Waals surface area contributed by atoms with Crippen LogP contribution in [0.15, 0.2) is 0 Å². The van der Waals surface area contributed by atoms with E-state index in [0.717, 1.165) is 0 Å². The van der Waals surface area contributed by atoms with Crippen LogP contribution in [0.25, 0.3) is 0 Å². The van der Waals surface area contributed by atoms with Crippen molar-refractivity contribution >= 4 is 34.9 Å². The van der Waals surface area contributed by atoms with E-state index in [1.54, 1.807) is 29.8 Å². The van der Waals surface area contributed by atoms with E-state index in [9.17, 15) is 9.59 Å². The second-order valence-corrected chi connectivity index (χ2v) is 5.26. The van der Waals surface area contributed by atoms with Crippen LogP contribution >= 0.6 is 22.9 Å². The minimum atomic E-state index is -1.29. The van der Waals surface area contributed by atoms with Gasteiger partial charge < -0.3 is 19.7 Å². The summed E-state index contributed by atoms with van der Waals surface area (Å²) in [6, 6.07) is 0. The lowest BCUT2D eigenvalue weighted by atomic mass is 9.87. The lowest BCUT2D eigenvalue weighted by molar-refractivity contribution is -0.164. The summed E-state index contributed by atoms with van der Waals surface area (Å²) in [5.41, 5.74) is -1.29. The summed E-state index contributed by atoms with van der Waals surface area (Å²) in [7, 11) is 0. The van der Waals surface area contributed by atoms with E-state index in [-0.39, 0.29) is 13.0 Å². The van der Waals surface area contributed by atoms with Gasteiger partial charge in [-0.2, -0.15) is 0 Å². The van der Waals surface area contributed by atoms with Gasteiger partial charge in [0.2, 0.25) is 0 Å². The van der Waals surface area contributed by atoms with Crippen LogP contribution in [0.4, 0.5) is 4.79 Å². The van der Waals surface area contributed by atoms with E-state index >= 15 is 0 Å². The molecule has 0 aromatic rings. The molecule has 18 heavy (non-hydrogen) atoms. The minimum absolute atomic E-state index is 0.0776. The fourth-order valence-electron chi connectivity index (χ4n) is 1.45. The molecule has 0 bridgehead atoms. The van der Waals surface area contributed by atoms with Gasteiger partial charge in [-0.15, -0.1) is 0 Å². The number of aliphatic hydroxyl groups excluding tert-OH is 2. The van der Waals surface area contributed by atoms with Crippen LogP contribution < -0.4 is 0 Å². The highest BCUT2D eigenvalue weighted by Gasteiger charge is 2.39. The van der Waals surface area contributed by atoms with Crippen molar-refractivity contribution < 1.29 is 29.3 Å². The van der Waals surface area contributed by atoms with E-state index in [0.29, 0.717) is 6.54 Å². The Balaban J connectivity index is 2.48. The SMILES string of the molecule is CCC(CO)(CO)C(=O)OC[C@@H]1CN(I)C(=O)O1. The Kier molecular flexibility index (Phi) is 5.60. The molecule has 0 saturated carbocycles. The van der Waals surface area contributed by atoms with Crippen molar-refractivity contribution in [1.82, 2.24) is 3.11 Å². The van der Waals surface area contributed by atoms with E-state index in [1.807, 2.05) is 0 Å². The van der Waals surface area contributed by atoms with Gasteiger partial charge in [-0.25, -0.2) is 7.91 Å². The molecule has 0 aromatic heterocycles. The smallest absolute Gasteiger partial charge is 0.419 e. The average molecular weight is 373 g/mol. The summed E-state index contributed by atoms with van der Waals surface area (Å²) < 4.78 is 11.3. The maximum Gasteiger partial charge on any atom is 0.419 e. The maximum atomic E-state index is 11.8. The van der Waals surface area contributed by atoms with Crippen molar-refractivity contribution in [2.75, 3.05) is 26.4 Å². The molecule has 1 saturated heterocycles. The number of aliphatic hydroxyl groups is 2. The van der Waals surface area contributed by atoms with Gasteiger partial charge in [0.25, 0.3) is 0 Å². The Morgan fingerprint density at radius 3 is 2.61 bits per heavy atom. The molecular formula is C10H16INO6. The molecule has 0 spiro atoms. The van der Waals surface area contributed by atoms with Crippen molar-refractivity contribution in [2.24, 2.45) is 5.41 Å². The summed E-state index contributed by atoms with van der Waals surface area (Å²) in [6.07, 6.45) is -0.713. The van der Waals surface area contributed by atoms with Gasteiger partial charge in [-0.05, 0) is 6.42 Å². The Morgan fingerprint density at radius 1 is 1.61 bits per heavy atom. The topological polar surface area (TPSA) is 96.3 Å². The third-order valence-corrected chi connectivity index (χ3v) is 3.73. The van der Waals surface area contributed by atoms with Crippen molar-refractivity contribution in [3.05, 3.63) is 0 Å². The lowest BCUT2D eigenvalue weighted by Gasteiger charge is -2.26. The van der Waals surface area contributed by atoms with Crippen LogP contribution in [0.2, 0.25) is 0 Å². The highest BCUT2D eigenvalue weighted by molar-refractivity contribution is 14.1. The summed E-state index contributed by atoms with van der Waals surface area (Å²) >= 11 is 1.81. The van der Waals surface area contributed by atoms with Crippen molar-refractivity contribution in [2.45, 2.75) is 19.4 Å². The highest BCUT2D eigenvalue weighted by atomic mass is 127. The van der Waals surface area contributed by atoms with Crippen molar-refractivity contribution in [3.8, 4) is 0 Å². The van der Waals surface area contributed by atoms with Crippen LogP contribution in [0.3, 0.4) is 0 Å². The number of halogens is 1. The molecule has 0 radical (unpaired) electrons. The molecule has 104 valence electrons. The number of cyclic esters (lactones) is 1. The Labute approximate surface area is 119 Å². The third-order valence-electron chi connectivity index (χ3n) is 2.94. The second-order valence-electron chi connectivity index (χ2n) is 4.10. The number of carbonyl (C=O) groups is 2. The first kappa shape index (κ1) is 15.4. The summed E-state index contributed by atoms with van der Waals surface area (Å²) in [6.45, 7) is 0.967. The van der Waals surface area contributed by atoms with Crippen LogP contribution in [0, 0.1) is 5.41 Å². The Morgan fingerprint density at radius 2 is 2.22 bits per heavy atom. The first-order valence-electron chi connectivity index (χ1n) is 5.52. The van der Waals surface area contributed by atoms with Crippen LogP contribution in [-0.4, -0.2) is 57.9 Å². The predicted octanol–water partition coefficient (Wildman–Crippen LogP) is 0.0814. The fraction of sp³-hybridized carbons (Fsp3) is 0.800. The zero-order valence-corrected chi connectivity index (χ0v) is 12.1. The molecule has 1 aliphatic rings. The van der Waals surface area contributed by atoms with Gasteiger partial charge >= 0.3 is 12.1 Å². The van der Waals surface area contributed by atoms with Gasteiger partial charge in [-0.3, -0.25) is 4.79 Å². The lowest BCUT2D eigenvalue weighted by Crippen LogP contribution is -2.40. The number of nitrogens with zero attached hydrogens (tertiary/aromatic N) is 1. The fourth-order valence-corrected chi connectivity index (χ4v) is 2.00. The van der Waals surface area contributed by atoms with Crippen LogP contribution in [-0.2, 0) is 14.3 Å². The Bertz CT molecular complexity index is 311. The van der Waals surface area contributed by atoms with E-state index < -0.39 is 36.8 Å². The molecule has 1 rings (SSSR count). The molecule has 1 fully saturated rings. The minimum Gasteiger partial charge on any atom is -0.461 e. The molecule has 0 unspecified atom stereocenters. The van der Waals surface area contributed by atoms with E-state index in [4.69, 9.17) is 19.7 Å². The summed E-state index contributed by atoms with van der Waals surface area (Å²) in [5.74, 6) is -0.682. The highest BCUT2D eigenvalue weighted by Crippen LogP contribution is 2.23. The molecule has 1 heterocycles. The monoisotopic (exact) mass is 373 g/mol. The molecule has 2 N–H and O–H groups in total. The number of hydrogen-bond donors (Lipinski definition) is 2.